The molecule has 0 radical (unpaired) electrons. The van der Waals surface area contributed by atoms with E-state index in [0.717, 1.165) is 22.2 Å². The molecule has 0 bridgehead atoms. The average Bonchev–Trinajstić information content (AvgIpc) is 3.31. The summed E-state index contributed by atoms with van der Waals surface area (Å²) in [5.74, 6) is -0.837. The topological polar surface area (TPSA) is 140 Å². The third kappa shape index (κ3) is 4.17. The fraction of sp³-hybridized carbons (Fsp3) is 0.0909. The van der Waals surface area contributed by atoms with E-state index >= 15 is 0 Å². The number of nitrogen functional groups attached to an aromatic ring is 1. The van der Waals surface area contributed by atoms with Gasteiger partial charge in [-0.1, -0.05) is 24.3 Å². The van der Waals surface area contributed by atoms with E-state index in [4.69, 9.17) is 16.9 Å². The number of nitrogens with two attached hydrogens (primary N) is 2. The zero-order valence-electron chi connectivity index (χ0n) is 16.7. The Kier molecular flexibility index (Phi) is 5.26. The Morgan fingerprint density at radius 3 is 2.42 bits per heavy atom. The van der Waals surface area contributed by atoms with Crippen molar-refractivity contribution in [1.29, 1.82) is 5.41 Å². The molecule has 9 heteroatoms. The van der Waals surface area contributed by atoms with Crippen LogP contribution in [0.25, 0.3) is 10.9 Å². The standard InChI is InChI=1S/C22H20N6O2S/c1-12-11-31-22(26-12)27-21(30)18-8-15-6-7-16(19(23)24)9-17(15)28(18)10-13-2-4-14(5-3-13)20(25)29/h2-9,11H,10H2,1H3,(H3,23,24)(H2,25,29)(H,26,27,30). The zero-order chi connectivity index (χ0) is 22.1. The van der Waals surface area contributed by atoms with Crippen LogP contribution >= 0.6 is 11.3 Å². The Morgan fingerprint density at radius 1 is 1.10 bits per heavy atom. The molecule has 0 aliphatic heterocycles. The van der Waals surface area contributed by atoms with Crippen molar-refractivity contribution in [3.63, 3.8) is 0 Å². The van der Waals surface area contributed by atoms with Crippen molar-refractivity contribution < 1.29 is 9.59 Å². The van der Waals surface area contributed by atoms with Crippen LogP contribution in [0.4, 0.5) is 5.13 Å². The Balaban J connectivity index is 1.77. The highest BCUT2D eigenvalue weighted by atomic mass is 32.1. The highest BCUT2D eigenvalue weighted by molar-refractivity contribution is 7.13. The number of nitrogens with one attached hydrogen (secondary N) is 2. The van der Waals surface area contributed by atoms with Crippen LogP contribution in [0, 0.1) is 12.3 Å². The summed E-state index contributed by atoms with van der Waals surface area (Å²) in [5.41, 5.74) is 14.9. The van der Waals surface area contributed by atoms with Gasteiger partial charge in [0.25, 0.3) is 5.91 Å². The highest BCUT2D eigenvalue weighted by Crippen LogP contribution is 2.25. The molecule has 0 spiro atoms. The molecule has 0 saturated heterocycles. The van der Waals surface area contributed by atoms with E-state index in [-0.39, 0.29) is 11.7 Å². The lowest BCUT2D eigenvalue weighted by Gasteiger charge is -2.12. The second-order valence-electron chi connectivity index (χ2n) is 7.11. The first-order valence-electron chi connectivity index (χ1n) is 9.42. The number of carbonyl (C=O) groups is 2. The molecule has 2 heterocycles. The van der Waals surface area contributed by atoms with Crippen LogP contribution in [-0.2, 0) is 6.54 Å². The number of primary amides is 1. The first-order chi connectivity index (χ1) is 14.8. The van der Waals surface area contributed by atoms with Crippen LogP contribution in [0.5, 0.6) is 0 Å². The van der Waals surface area contributed by atoms with E-state index in [1.807, 2.05) is 22.9 Å². The first-order valence-corrected chi connectivity index (χ1v) is 10.3. The lowest BCUT2D eigenvalue weighted by molar-refractivity contribution is 0.0997. The van der Waals surface area contributed by atoms with Crippen LogP contribution in [-0.4, -0.2) is 27.2 Å². The number of carbonyl (C=O) groups excluding carboxylic acids is 2. The van der Waals surface area contributed by atoms with Crippen molar-refractivity contribution in [2.24, 2.45) is 11.5 Å². The maximum atomic E-state index is 13.1. The van der Waals surface area contributed by atoms with Gasteiger partial charge in [-0.3, -0.25) is 20.3 Å². The van der Waals surface area contributed by atoms with Crippen molar-refractivity contribution in [3.8, 4) is 0 Å². The molecule has 31 heavy (non-hydrogen) atoms. The van der Waals surface area contributed by atoms with E-state index in [1.54, 1.807) is 42.5 Å². The summed E-state index contributed by atoms with van der Waals surface area (Å²) in [4.78, 5) is 28.7. The van der Waals surface area contributed by atoms with Crippen LogP contribution in [0.3, 0.4) is 0 Å². The van der Waals surface area contributed by atoms with Gasteiger partial charge in [-0.25, -0.2) is 4.98 Å². The Morgan fingerprint density at radius 2 is 1.81 bits per heavy atom. The molecule has 0 unspecified atom stereocenters. The summed E-state index contributed by atoms with van der Waals surface area (Å²) in [6, 6.07) is 14.1. The van der Waals surface area contributed by atoms with Gasteiger partial charge >= 0.3 is 0 Å². The molecule has 2 aromatic carbocycles. The Labute approximate surface area is 182 Å². The van der Waals surface area contributed by atoms with Crippen LogP contribution < -0.4 is 16.8 Å². The van der Waals surface area contributed by atoms with Gasteiger partial charge in [0, 0.05) is 34.0 Å². The number of benzene rings is 2. The smallest absolute Gasteiger partial charge is 0.274 e. The summed E-state index contributed by atoms with van der Waals surface area (Å²) in [6.45, 7) is 2.24. The van der Waals surface area contributed by atoms with Crippen molar-refractivity contribution in [3.05, 3.63) is 82.0 Å². The second-order valence-corrected chi connectivity index (χ2v) is 7.97. The molecule has 2 aromatic heterocycles. The molecule has 0 aliphatic carbocycles. The predicted octanol–water partition coefficient (Wildman–Crippen LogP) is 3.09. The molecule has 4 aromatic rings. The summed E-state index contributed by atoms with van der Waals surface area (Å²) >= 11 is 1.36. The normalized spacial score (nSPS) is 10.9. The number of amides is 2. The summed E-state index contributed by atoms with van der Waals surface area (Å²) < 4.78 is 1.86. The number of rotatable bonds is 6. The van der Waals surface area contributed by atoms with Gasteiger partial charge in [0.2, 0.25) is 5.91 Å². The molecular formula is C22H20N6O2S. The summed E-state index contributed by atoms with van der Waals surface area (Å²) in [5, 5.41) is 13.8. The van der Waals surface area contributed by atoms with Gasteiger partial charge in [-0.2, -0.15) is 0 Å². The maximum absolute atomic E-state index is 13.1. The van der Waals surface area contributed by atoms with E-state index in [0.29, 0.717) is 28.5 Å². The quantitative estimate of drug-likeness (QED) is 0.274. The van der Waals surface area contributed by atoms with Gasteiger partial charge in [0.1, 0.15) is 11.5 Å². The third-order valence-electron chi connectivity index (χ3n) is 4.87. The minimum atomic E-state index is -0.497. The van der Waals surface area contributed by atoms with Crippen molar-refractivity contribution in [2.45, 2.75) is 13.5 Å². The van der Waals surface area contributed by atoms with Crippen molar-refractivity contribution >= 4 is 45.0 Å². The molecule has 2 amide bonds. The minimum Gasteiger partial charge on any atom is -0.384 e. The number of hydrogen-bond acceptors (Lipinski definition) is 5. The number of hydrogen-bond donors (Lipinski definition) is 4. The van der Waals surface area contributed by atoms with E-state index in [9.17, 15) is 9.59 Å². The Hall–Kier alpha value is -3.98. The van der Waals surface area contributed by atoms with Crippen molar-refractivity contribution in [1.82, 2.24) is 9.55 Å². The van der Waals surface area contributed by atoms with E-state index in [1.165, 1.54) is 11.3 Å². The van der Waals surface area contributed by atoms with Crippen molar-refractivity contribution in [2.75, 3.05) is 5.32 Å². The molecular weight excluding hydrogens is 412 g/mol. The monoisotopic (exact) mass is 432 g/mol. The molecule has 156 valence electrons. The molecule has 0 fully saturated rings. The third-order valence-corrected chi connectivity index (χ3v) is 5.74. The number of amidine groups is 1. The van der Waals surface area contributed by atoms with Crippen LogP contribution in [0.2, 0.25) is 0 Å². The predicted molar refractivity (Wildman–Crippen MR) is 122 cm³/mol. The number of aromatic nitrogens is 2. The Bertz CT molecular complexity index is 1320. The summed E-state index contributed by atoms with van der Waals surface area (Å²) in [7, 11) is 0. The fourth-order valence-electron chi connectivity index (χ4n) is 3.31. The van der Waals surface area contributed by atoms with Gasteiger partial charge in [0.05, 0.1) is 5.69 Å². The average molecular weight is 433 g/mol. The fourth-order valence-corrected chi connectivity index (χ4v) is 3.99. The van der Waals surface area contributed by atoms with Gasteiger partial charge in [-0.05, 0) is 36.8 Å². The summed E-state index contributed by atoms with van der Waals surface area (Å²) in [6.07, 6.45) is 0. The van der Waals surface area contributed by atoms with Gasteiger partial charge in [0.15, 0.2) is 5.13 Å². The highest BCUT2D eigenvalue weighted by Gasteiger charge is 2.18. The second kappa shape index (κ2) is 8.04. The molecule has 0 atom stereocenters. The lowest BCUT2D eigenvalue weighted by atomic mass is 10.1. The number of nitrogens with zero attached hydrogens (tertiary/aromatic N) is 2. The molecule has 6 N–H and O–H groups in total. The number of anilines is 1. The van der Waals surface area contributed by atoms with E-state index < -0.39 is 5.91 Å². The molecule has 0 saturated carbocycles. The minimum absolute atomic E-state index is 0.0512. The van der Waals surface area contributed by atoms with Crippen LogP contribution in [0.1, 0.15) is 37.7 Å². The number of fused-ring (bicyclic) bond motifs is 1. The number of aryl methyl sites for hydroxylation is 1. The van der Waals surface area contributed by atoms with Crippen LogP contribution in [0.15, 0.2) is 53.9 Å². The van der Waals surface area contributed by atoms with Gasteiger partial charge in [-0.15, -0.1) is 11.3 Å². The first kappa shape index (κ1) is 20.3. The number of thiazole rings is 1. The van der Waals surface area contributed by atoms with Gasteiger partial charge < -0.3 is 16.0 Å². The molecule has 4 rings (SSSR count). The SMILES string of the molecule is Cc1csc(NC(=O)c2cc3ccc(C(=N)N)cc3n2Cc2ccc(C(N)=O)cc2)n1. The largest absolute Gasteiger partial charge is 0.384 e. The zero-order valence-corrected chi connectivity index (χ0v) is 17.5. The molecule has 8 nitrogen and oxygen atoms in total. The van der Waals surface area contributed by atoms with E-state index in [2.05, 4.69) is 10.3 Å². The lowest BCUT2D eigenvalue weighted by Crippen LogP contribution is -2.18. The molecule has 0 aliphatic rings. The maximum Gasteiger partial charge on any atom is 0.274 e.